The van der Waals surface area contributed by atoms with Gasteiger partial charge in [0.15, 0.2) is 0 Å². The summed E-state index contributed by atoms with van der Waals surface area (Å²) in [7, 11) is 0. The number of carboxylic acid groups (broad SMARTS) is 1. The maximum atomic E-state index is 12.9. The highest BCUT2D eigenvalue weighted by molar-refractivity contribution is 5.92. The number of pyridine rings is 1. The van der Waals surface area contributed by atoms with Crippen LogP contribution in [0.4, 0.5) is 4.39 Å². The zero-order valence-corrected chi connectivity index (χ0v) is 11.0. The van der Waals surface area contributed by atoms with Crippen LogP contribution in [0.2, 0.25) is 0 Å². The highest BCUT2D eigenvalue weighted by atomic mass is 19.1. The molecule has 1 fully saturated rings. The second kappa shape index (κ2) is 6.45. The van der Waals surface area contributed by atoms with Crippen molar-refractivity contribution in [1.29, 1.82) is 0 Å². The molecule has 5 nitrogen and oxygen atoms in total. The average molecular weight is 280 g/mol. The van der Waals surface area contributed by atoms with Gasteiger partial charge in [0.2, 0.25) is 5.95 Å². The number of amides is 1. The van der Waals surface area contributed by atoms with Gasteiger partial charge in [0.05, 0.1) is 5.92 Å². The van der Waals surface area contributed by atoms with Crippen LogP contribution in [0.1, 0.15) is 36.2 Å². The quantitative estimate of drug-likeness (QED) is 0.825. The van der Waals surface area contributed by atoms with Crippen molar-refractivity contribution in [2.24, 2.45) is 11.8 Å². The summed E-state index contributed by atoms with van der Waals surface area (Å²) >= 11 is 0. The molecule has 108 valence electrons. The summed E-state index contributed by atoms with van der Waals surface area (Å²) in [5.74, 6) is -1.80. The minimum absolute atomic E-state index is 0.0595. The van der Waals surface area contributed by atoms with Crippen molar-refractivity contribution in [1.82, 2.24) is 10.3 Å². The third kappa shape index (κ3) is 3.76. The van der Waals surface area contributed by atoms with Crippen molar-refractivity contribution in [3.8, 4) is 0 Å². The Morgan fingerprint density at radius 1 is 1.30 bits per heavy atom. The van der Waals surface area contributed by atoms with Gasteiger partial charge in [-0.05, 0) is 43.7 Å². The largest absolute Gasteiger partial charge is 0.481 e. The van der Waals surface area contributed by atoms with Gasteiger partial charge >= 0.3 is 5.97 Å². The van der Waals surface area contributed by atoms with Gasteiger partial charge < -0.3 is 10.4 Å². The van der Waals surface area contributed by atoms with Crippen molar-refractivity contribution in [3.63, 3.8) is 0 Å². The van der Waals surface area contributed by atoms with Crippen molar-refractivity contribution in [3.05, 3.63) is 29.8 Å². The number of hydrogen-bond donors (Lipinski definition) is 2. The number of aliphatic carboxylic acids is 1. The molecule has 1 saturated carbocycles. The Hall–Kier alpha value is -1.98. The van der Waals surface area contributed by atoms with Gasteiger partial charge in [-0.1, -0.05) is 6.07 Å². The second-order valence-electron chi connectivity index (χ2n) is 5.11. The van der Waals surface area contributed by atoms with E-state index in [1.54, 1.807) is 0 Å². The van der Waals surface area contributed by atoms with Crippen LogP contribution >= 0.6 is 0 Å². The fourth-order valence-electron chi connectivity index (χ4n) is 2.48. The van der Waals surface area contributed by atoms with E-state index in [4.69, 9.17) is 5.11 Å². The minimum atomic E-state index is -0.739. The Bertz CT molecular complexity index is 499. The fourth-order valence-corrected chi connectivity index (χ4v) is 2.48. The Kier molecular flexibility index (Phi) is 4.65. The molecular weight excluding hydrogens is 263 g/mol. The van der Waals surface area contributed by atoms with Crippen LogP contribution in [0.3, 0.4) is 0 Å². The van der Waals surface area contributed by atoms with E-state index in [1.807, 2.05) is 0 Å². The van der Waals surface area contributed by atoms with Gasteiger partial charge in [0, 0.05) is 6.54 Å². The predicted molar refractivity (Wildman–Crippen MR) is 69.6 cm³/mol. The predicted octanol–water partition coefficient (Wildman–Crippen LogP) is 1.84. The zero-order valence-electron chi connectivity index (χ0n) is 11.0. The molecule has 1 aromatic heterocycles. The lowest BCUT2D eigenvalue weighted by atomic mass is 9.82. The van der Waals surface area contributed by atoms with E-state index in [2.05, 4.69) is 10.3 Å². The van der Waals surface area contributed by atoms with Gasteiger partial charge in [-0.25, -0.2) is 4.98 Å². The fraction of sp³-hybridized carbons (Fsp3) is 0.500. The summed E-state index contributed by atoms with van der Waals surface area (Å²) in [4.78, 5) is 26.1. The van der Waals surface area contributed by atoms with Gasteiger partial charge in [-0.3, -0.25) is 9.59 Å². The molecule has 20 heavy (non-hydrogen) atoms. The second-order valence-corrected chi connectivity index (χ2v) is 5.11. The van der Waals surface area contributed by atoms with Crippen molar-refractivity contribution < 1.29 is 19.1 Å². The first-order valence-corrected chi connectivity index (χ1v) is 6.70. The molecule has 0 radical (unpaired) electrons. The van der Waals surface area contributed by atoms with E-state index in [9.17, 15) is 14.0 Å². The number of carbonyl (C=O) groups excluding carboxylic acids is 1. The number of nitrogens with zero attached hydrogens (tertiary/aromatic N) is 1. The lowest BCUT2D eigenvalue weighted by Gasteiger charge is -2.26. The summed E-state index contributed by atoms with van der Waals surface area (Å²) in [5, 5.41) is 11.6. The smallest absolute Gasteiger partial charge is 0.306 e. The highest BCUT2D eigenvalue weighted by Gasteiger charge is 2.26. The van der Waals surface area contributed by atoms with Gasteiger partial charge in [0.1, 0.15) is 5.69 Å². The Morgan fingerprint density at radius 3 is 2.60 bits per heavy atom. The first-order chi connectivity index (χ1) is 9.56. The van der Waals surface area contributed by atoms with E-state index < -0.39 is 17.8 Å². The van der Waals surface area contributed by atoms with Crippen LogP contribution in [-0.2, 0) is 4.79 Å². The Morgan fingerprint density at radius 2 is 2.00 bits per heavy atom. The molecule has 1 heterocycles. The number of carbonyl (C=O) groups is 2. The molecule has 0 unspecified atom stereocenters. The van der Waals surface area contributed by atoms with Gasteiger partial charge in [0.25, 0.3) is 5.91 Å². The molecule has 1 aliphatic carbocycles. The first kappa shape index (κ1) is 14.4. The van der Waals surface area contributed by atoms with E-state index in [-0.39, 0.29) is 17.5 Å². The summed E-state index contributed by atoms with van der Waals surface area (Å²) in [5.41, 5.74) is 0.0595. The number of aromatic nitrogens is 1. The molecule has 0 aliphatic heterocycles. The Labute approximate surface area is 116 Å². The van der Waals surface area contributed by atoms with Crippen molar-refractivity contribution in [2.75, 3.05) is 6.54 Å². The molecule has 0 bridgehead atoms. The number of nitrogens with one attached hydrogen (secondary N) is 1. The van der Waals surface area contributed by atoms with E-state index in [0.717, 1.165) is 12.8 Å². The third-order valence-corrected chi connectivity index (χ3v) is 3.70. The molecule has 1 aromatic rings. The number of carboxylic acids is 1. The molecule has 2 N–H and O–H groups in total. The average Bonchev–Trinajstić information content (AvgIpc) is 2.45. The van der Waals surface area contributed by atoms with Crippen molar-refractivity contribution in [2.45, 2.75) is 25.7 Å². The SMILES string of the molecule is O=C(NCC1CCC(C(=O)O)CC1)c1cccc(F)n1. The highest BCUT2D eigenvalue weighted by Crippen LogP contribution is 2.28. The van der Waals surface area contributed by atoms with Crippen molar-refractivity contribution >= 4 is 11.9 Å². The molecule has 0 saturated heterocycles. The Balaban J connectivity index is 1.79. The van der Waals surface area contributed by atoms with Crippen LogP contribution in [0, 0.1) is 17.8 Å². The number of rotatable bonds is 4. The summed E-state index contributed by atoms with van der Waals surface area (Å²) < 4.78 is 12.9. The maximum absolute atomic E-state index is 12.9. The topological polar surface area (TPSA) is 79.3 Å². The summed E-state index contributed by atoms with van der Waals surface area (Å²) in [6.45, 7) is 0.476. The van der Waals surface area contributed by atoms with Crippen LogP contribution in [0.15, 0.2) is 18.2 Å². The normalized spacial score (nSPS) is 22.2. The molecule has 1 aliphatic rings. The van der Waals surface area contributed by atoms with Crippen LogP contribution in [-0.4, -0.2) is 28.5 Å². The third-order valence-electron chi connectivity index (χ3n) is 3.70. The maximum Gasteiger partial charge on any atom is 0.306 e. The molecule has 0 spiro atoms. The monoisotopic (exact) mass is 280 g/mol. The number of halogens is 1. The first-order valence-electron chi connectivity index (χ1n) is 6.70. The van der Waals surface area contributed by atoms with Gasteiger partial charge in [-0.2, -0.15) is 4.39 Å². The lowest BCUT2D eigenvalue weighted by molar-refractivity contribution is -0.143. The van der Waals surface area contributed by atoms with E-state index in [0.29, 0.717) is 19.4 Å². The van der Waals surface area contributed by atoms with E-state index >= 15 is 0 Å². The zero-order chi connectivity index (χ0) is 14.5. The van der Waals surface area contributed by atoms with Gasteiger partial charge in [-0.15, -0.1) is 0 Å². The molecular formula is C14H17FN2O3. The molecule has 6 heteroatoms. The van der Waals surface area contributed by atoms with Crippen LogP contribution in [0.25, 0.3) is 0 Å². The molecule has 0 atom stereocenters. The minimum Gasteiger partial charge on any atom is -0.481 e. The van der Waals surface area contributed by atoms with E-state index in [1.165, 1.54) is 18.2 Å². The molecule has 0 aromatic carbocycles. The lowest BCUT2D eigenvalue weighted by Crippen LogP contribution is -2.32. The number of hydrogen-bond acceptors (Lipinski definition) is 3. The van der Waals surface area contributed by atoms with Crippen LogP contribution in [0.5, 0.6) is 0 Å². The van der Waals surface area contributed by atoms with Crippen LogP contribution < -0.4 is 5.32 Å². The molecule has 1 amide bonds. The summed E-state index contributed by atoms with van der Waals surface area (Å²) in [6.07, 6.45) is 2.86. The standard InChI is InChI=1S/C14H17FN2O3/c15-12-3-1-2-11(17-12)13(18)16-8-9-4-6-10(7-5-9)14(19)20/h1-3,9-10H,4-8H2,(H,16,18)(H,19,20). The summed E-state index contributed by atoms with van der Waals surface area (Å²) in [6, 6.07) is 4.08. The molecule has 2 rings (SSSR count).